The third kappa shape index (κ3) is 5.64. The van der Waals surface area contributed by atoms with Crippen LogP contribution in [0.25, 0.3) is 6.08 Å². The number of amides is 1. The Kier molecular flexibility index (Phi) is 6.68. The van der Waals surface area contributed by atoms with Gasteiger partial charge in [0.1, 0.15) is 0 Å². The molecule has 1 aromatic carbocycles. The number of benzene rings is 1. The second-order valence-electron chi connectivity index (χ2n) is 7.52. The molecule has 2 aliphatic heterocycles. The Morgan fingerprint density at radius 1 is 1.11 bits per heavy atom. The van der Waals surface area contributed by atoms with Crippen molar-refractivity contribution in [3.05, 3.63) is 41.3 Å². The Balaban J connectivity index is 1.49. The number of hydrogen-bond donors (Lipinski definition) is 0. The van der Waals surface area contributed by atoms with Crippen molar-refractivity contribution in [1.82, 2.24) is 14.1 Å². The summed E-state index contributed by atoms with van der Waals surface area (Å²) in [5, 5.41) is 1.28. The molecule has 1 aromatic rings. The van der Waals surface area contributed by atoms with E-state index in [1.165, 1.54) is 16.1 Å². The first kappa shape index (κ1) is 20.0. The van der Waals surface area contributed by atoms with E-state index in [2.05, 4.69) is 11.8 Å². The second-order valence-corrected chi connectivity index (χ2v) is 9.34. The zero-order chi connectivity index (χ0) is 19.3. The van der Waals surface area contributed by atoms with Crippen LogP contribution in [0, 0.1) is 5.92 Å². The van der Waals surface area contributed by atoms with Crippen LogP contribution in [0.3, 0.4) is 0 Å². The quantitative estimate of drug-likeness (QED) is 0.769. The van der Waals surface area contributed by atoms with Crippen LogP contribution in [0.5, 0.6) is 0 Å². The first-order chi connectivity index (χ1) is 12.9. The Bertz CT molecular complexity index is 756. The second kappa shape index (κ2) is 8.99. The molecule has 0 unspecified atom stereocenters. The molecule has 1 atom stereocenters. The van der Waals surface area contributed by atoms with Gasteiger partial charge in [0.25, 0.3) is 0 Å². The van der Waals surface area contributed by atoms with Crippen molar-refractivity contribution in [2.24, 2.45) is 5.92 Å². The Hall–Kier alpha value is -1.70. The maximum atomic E-state index is 12.5. The predicted octanol–water partition coefficient (Wildman–Crippen LogP) is 1.86. The number of carbonyl (C=O) groups is 1. The van der Waals surface area contributed by atoms with Gasteiger partial charge in [-0.1, -0.05) is 37.3 Å². The van der Waals surface area contributed by atoms with E-state index in [4.69, 9.17) is 0 Å². The zero-order valence-electron chi connectivity index (χ0n) is 16.0. The SMILES string of the molecule is C[C@@H]1CCCN(C(=O)CN2CCN(S(=O)(=O)/C=C/c3ccccc3)CC2)C1. The minimum atomic E-state index is -3.43. The lowest BCUT2D eigenvalue weighted by atomic mass is 10.0. The summed E-state index contributed by atoms with van der Waals surface area (Å²) in [6.45, 7) is 6.29. The van der Waals surface area contributed by atoms with E-state index in [9.17, 15) is 13.2 Å². The molecule has 0 N–H and O–H groups in total. The molecule has 2 saturated heterocycles. The number of piperidine rings is 1. The minimum Gasteiger partial charge on any atom is -0.341 e. The van der Waals surface area contributed by atoms with Gasteiger partial charge in [0.2, 0.25) is 15.9 Å². The first-order valence-corrected chi connectivity index (χ1v) is 11.2. The summed E-state index contributed by atoms with van der Waals surface area (Å²) in [5.74, 6) is 0.739. The highest BCUT2D eigenvalue weighted by Crippen LogP contribution is 2.16. The largest absolute Gasteiger partial charge is 0.341 e. The van der Waals surface area contributed by atoms with Crippen molar-refractivity contribution in [3.8, 4) is 0 Å². The average Bonchev–Trinajstić information content (AvgIpc) is 2.68. The maximum Gasteiger partial charge on any atom is 0.236 e. The molecule has 0 saturated carbocycles. The number of piperazine rings is 1. The van der Waals surface area contributed by atoms with Crippen LogP contribution in [-0.2, 0) is 14.8 Å². The molecular formula is C20H29N3O3S. The number of sulfonamides is 1. The molecule has 2 fully saturated rings. The van der Waals surface area contributed by atoms with Crippen LogP contribution in [0.4, 0.5) is 0 Å². The van der Waals surface area contributed by atoms with Crippen LogP contribution >= 0.6 is 0 Å². The fraction of sp³-hybridized carbons (Fsp3) is 0.550. The molecular weight excluding hydrogens is 362 g/mol. The fourth-order valence-electron chi connectivity index (χ4n) is 3.66. The van der Waals surface area contributed by atoms with Crippen LogP contribution in [0.1, 0.15) is 25.3 Å². The molecule has 7 heteroatoms. The lowest BCUT2D eigenvalue weighted by Gasteiger charge is -2.36. The van der Waals surface area contributed by atoms with Gasteiger partial charge in [-0.25, -0.2) is 8.42 Å². The van der Waals surface area contributed by atoms with Crippen molar-refractivity contribution >= 4 is 22.0 Å². The highest BCUT2D eigenvalue weighted by atomic mass is 32.2. The molecule has 2 aliphatic rings. The summed E-state index contributed by atoms with van der Waals surface area (Å²) >= 11 is 0. The smallest absolute Gasteiger partial charge is 0.236 e. The molecule has 3 rings (SSSR count). The standard InChI is InChI=1S/C20H29N3O3S/c1-18-6-5-10-22(16-18)20(24)17-21-11-13-23(14-12-21)27(25,26)15-9-19-7-3-2-4-8-19/h2-4,7-9,15,18H,5-6,10-14,16-17H2,1H3/b15-9+/t18-/m1/s1. The van der Waals surface area contributed by atoms with E-state index in [1.54, 1.807) is 6.08 Å². The summed E-state index contributed by atoms with van der Waals surface area (Å²) in [6.07, 6.45) is 3.90. The fourth-order valence-corrected chi connectivity index (χ4v) is 4.84. The van der Waals surface area contributed by atoms with Gasteiger partial charge in [-0.05, 0) is 30.4 Å². The Labute approximate surface area is 162 Å². The Morgan fingerprint density at radius 3 is 2.48 bits per heavy atom. The first-order valence-electron chi connectivity index (χ1n) is 9.67. The van der Waals surface area contributed by atoms with Crippen LogP contribution in [-0.4, -0.2) is 74.2 Å². The summed E-state index contributed by atoms with van der Waals surface area (Å²) in [6, 6.07) is 9.40. The molecule has 27 heavy (non-hydrogen) atoms. The summed E-state index contributed by atoms with van der Waals surface area (Å²) in [4.78, 5) is 16.5. The summed E-state index contributed by atoms with van der Waals surface area (Å²) in [7, 11) is -3.43. The van der Waals surface area contributed by atoms with Crippen molar-refractivity contribution in [1.29, 1.82) is 0 Å². The van der Waals surface area contributed by atoms with E-state index in [0.29, 0.717) is 38.6 Å². The minimum absolute atomic E-state index is 0.168. The summed E-state index contributed by atoms with van der Waals surface area (Å²) < 4.78 is 26.5. The highest BCUT2D eigenvalue weighted by Gasteiger charge is 2.28. The van der Waals surface area contributed by atoms with Gasteiger partial charge in [-0.15, -0.1) is 0 Å². The molecule has 0 radical (unpaired) electrons. The molecule has 1 amide bonds. The van der Waals surface area contributed by atoms with E-state index in [0.717, 1.165) is 25.1 Å². The van der Waals surface area contributed by atoms with Gasteiger partial charge in [0.15, 0.2) is 0 Å². The number of nitrogens with zero attached hydrogens (tertiary/aromatic N) is 3. The molecule has 2 heterocycles. The molecule has 148 valence electrons. The average molecular weight is 392 g/mol. The topological polar surface area (TPSA) is 60.9 Å². The van der Waals surface area contributed by atoms with E-state index >= 15 is 0 Å². The van der Waals surface area contributed by atoms with Gasteiger partial charge in [0, 0.05) is 44.7 Å². The van der Waals surface area contributed by atoms with Crippen molar-refractivity contribution in [3.63, 3.8) is 0 Å². The van der Waals surface area contributed by atoms with Gasteiger partial charge in [0.05, 0.1) is 6.54 Å². The van der Waals surface area contributed by atoms with Crippen molar-refractivity contribution in [2.75, 3.05) is 45.8 Å². The third-order valence-electron chi connectivity index (χ3n) is 5.29. The summed E-state index contributed by atoms with van der Waals surface area (Å²) in [5.41, 5.74) is 0.862. The number of carbonyl (C=O) groups excluding carboxylic acids is 1. The monoisotopic (exact) mass is 391 g/mol. The van der Waals surface area contributed by atoms with Gasteiger partial charge < -0.3 is 4.90 Å². The molecule has 6 nitrogen and oxygen atoms in total. The molecule has 0 bridgehead atoms. The molecule has 0 spiro atoms. The van der Waals surface area contributed by atoms with Gasteiger partial charge >= 0.3 is 0 Å². The maximum absolute atomic E-state index is 12.5. The molecule has 0 aliphatic carbocycles. The lowest BCUT2D eigenvalue weighted by Crippen LogP contribution is -2.52. The van der Waals surface area contributed by atoms with E-state index < -0.39 is 10.0 Å². The number of likely N-dealkylation sites (tertiary alicyclic amines) is 1. The van der Waals surface area contributed by atoms with Gasteiger partial charge in [-0.2, -0.15) is 4.31 Å². The zero-order valence-corrected chi connectivity index (χ0v) is 16.8. The van der Waals surface area contributed by atoms with E-state index in [1.807, 2.05) is 35.2 Å². The van der Waals surface area contributed by atoms with Crippen LogP contribution in [0.2, 0.25) is 0 Å². The van der Waals surface area contributed by atoms with Crippen molar-refractivity contribution < 1.29 is 13.2 Å². The number of rotatable bonds is 5. The Morgan fingerprint density at radius 2 is 1.81 bits per heavy atom. The predicted molar refractivity (Wildman–Crippen MR) is 107 cm³/mol. The van der Waals surface area contributed by atoms with E-state index in [-0.39, 0.29) is 5.91 Å². The van der Waals surface area contributed by atoms with Crippen LogP contribution < -0.4 is 0 Å². The van der Waals surface area contributed by atoms with Crippen LogP contribution in [0.15, 0.2) is 35.7 Å². The highest BCUT2D eigenvalue weighted by molar-refractivity contribution is 7.92. The van der Waals surface area contributed by atoms with Crippen molar-refractivity contribution in [2.45, 2.75) is 19.8 Å². The normalized spacial score (nSPS) is 23.0. The lowest BCUT2D eigenvalue weighted by molar-refractivity contribution is -0.134. The molecule has 0 aromatic heterocycles. The number of hydrogen-bond acceptors (Lipinski definition) is 4. The van der Waals surface area contributed by atoms with Gasteiger partial charge in [-0.3, -0.25) is 9.69 Å². The third-order valence-corrected chi connectivity index (χ3v) is 6.86.